The molecule has 0 aliphatic carbocycles. The van der Waals surface area contributed by atoms with Crippen LogP contribution in [0.1, 0.15) is 38.3 Å². The summed E-state index contributed by atoms with van der Waals surface area (Å²) in [5, 5.41) is 13.5. The first-order valence-corrected chi connectivity index (χ1v) is 14.3. The number of carbonyl (C=O) groups excluding carboxylic acids is 2. The van der Waals surface area contributed by atoms with Gasteiger partial charge < -0.3 is 0 Å². The number of benzene rings is 3. The van der Waals surface area contributed by atoms with Crippen molar-refractivity contribution in [3.8, 4) is 5.75 Å². The minimum absolute atomic E-state index is 0.00664. The molecule has 0 spiro atoms. The van der Waals surface area contributed by atoms with Crippen molar-refractivity contribution in [2.75, 3.05) is 38.0 Å². The molecule has 3 aromatic carbocycles. The molecule has 0 unspecified atom stereocenters. The van der Waals surface area contributed by atoms with E-state index in [1.54, 1.807) is 11.0 Å². The fraction of sp³-hybridized carbons (Fsp3) is 0.310. The van der Waals surface area contributed by atoms with Crippen LogP contribution in [-0.2, 0) is 11.2 Å². The first kappa shape index (κ1) is 25.0. The van der Waals surface area contributed by atoms with E-state index in [9.17, 15) is 14.7 Å². The number of amides is 1. The third kappa shape index (κ3) is 4.71. The molecule has 5 rings (SSSR count). The Hall–Kier alpha value is -2.63. The van der Waals surface area contributed by atoms with Gasteiger partial charge in [0.15, 0.2) is 0 Å². The quantitative estimate of drug-likeness (QED) is 0.249. The molecular formula is C29H29ClN2O3Se. The van der Waals surface area contributed by atoms with E-state index < -0.39 is 0 Å². The molecule has 4 aromatic rings. The zero-order valence-corrected chi connectivity index (χ0v) is 23.1. The monoisotopic (exact) mass is 568 g/mol. The van der Waals surface area contributed by atoms with E-state index in [1.807, 2.05) is 56.3 Å². The van der Waals surface area contributed by atoms with Gasteiger partial charge in [0.05, 0.1) is 0 Å². The first-order valence-electron chi connectivity index (χ1n) is 12.1. The molecule has 36 heavy (non-hydrogen) atoms. The van der Waals surface area contributed by atoms with E-state index in [2.05, 4.69) is 12.1 Å². The zero-order valence-electron chi connectivity index (χ0n) is 20.7. The molecule has 1 amide bonds. The van der Waals surface area contributed by atoms with E-state index in [0.717, 1.165) is 53.8 Å². The van der Waals surface area contributed by atoms with Crippen LogP contribution in [0.25, 0.3) is 20.4 Å². The standard InChI is InChI=1S/C29H29ClN2O3Se/c1-17-4-6-22-23(10-17)28-20(15-30)16-32(24(28)14-25(22)34)29(35)27-13-19-11-18(5-7-26(19)36-27)12-21(33)8-9-31(2)3/h4-7,10-11,13-14,20,34H,8-9,12,15-16H2,1-3H3/t20-/m1/s1. The summed E-state index contributed by atoms with van der Waals surface area (Å²) in [6.07, 6.45) is 0.943. The second-order valence-corrected chi connectivity index (χ2v) is 12.5. The number of aryl methyl sites for hydroxylation is 1. The van der Waals surface area contributed by atoms with Crippen molar-refractivity contribution in [1.29, 1.82) is 0 Å². The molecule has 1 aromatic heterocycles. The summed E-state index contributed by atoms with van der Waals surface area (Å²) >= 11 is 6.26. The van der Waals surface area contributed by atoms with Crippen molar-refractivity contribution in [3.05, 3.63) is 69.7 Å². The van der Waals surface area contributed by atoms with E-state index >= 15 is 0 Å². The Labute approximate surface area is 222 Å². The van der Waals surface area contributed by atoms with E-state index in [4.69, 9.17) is 11.6 Å². The van der Waals surface area contributed by atoms with E-state index in [-0.39, 0.29) is 37.9 Å². The number of Topliss-reactive ketones (excluding diaryl/α,β-unsaturated/α-hetero) is 1. The third-order valence-electron chi connectivity index (χ3n) is 6.85. The van der Waals surface area contributed by atoms with Gasteiger partial charge >= 0.3 is 223 Å². The SMILES string of the molecule is Cc1ccc2c(O)cc3c(c2c1)[C@H](CCl)CN3C(=O)c1cc2cc(CC(=O)CCN(C)C)ccc2[se]1. The van der Waals surface area contributed by atoms with Crippen LogP contribution in [0.3, 0.4) is 0 Å². The fourth-order valence-electron chi connectivity index (χ4n) is 5.01. The molecule has 186 valence electrons. The van der Waals surface area contributed by atoms with Crippen LogP contribution in [0.2, 0.25) is 0 Å². The van der Waals surface area contributed by atoms with Gasteiger partial charge in [-0.05, 0) is 0 Å². The predicted molar refractivity (Wildman–Crippen MR) is 148 cm³/mol. The van der Waals surface area contributed by atoms with Crippen LogP contribution in [0.5, 0.6) is 5.75 Å². The number of phenolic OH excluding ortho intramolecular Hbond substituents is 1. The summed E-state index contributed by atoms with van der Waals surface area (Å²) in [6.45, 7) is 3.27. The minimum atomic E-state index is -0.116. The van der Waals surface area contributed by atoms with Gasteiger partial charge in [-0.2, -0.15) is 0 Å². The number of nitrogens with zero attached hydrogens (tertiary/aromatic N) is 2. The number of phenols is 1. The molecule has 0 saturated heterocycles. The van der Waals surface area contributed by atoms with E-state index in [1.165, 1.54) is 0 Å². The topological polar surface area (TPSA) is 60.9 Å². The molecule has 5 nitrogen and oxygen atoms in total. The van der Waals surface area contributed by atoms with Crippen LogP contribution in [0.15, 0.2) is 48.5 Å². The Morgan fingerprint density at radius 3 is 2.67 bits per heavy atom. The number of rotatable bonds is 7. The van der Waals surface area contributed by atoms with Crippen LogP contribution in [0.4, 0.5) is 5.69 Å². The fourth-order valence-corrected chi connectivity index (χ4v) is 7.35. The van der Waals surface area contributed by atoms with Crippen molar-refractivity contribution in [2.45, 2.75) is 25.7 Å². The second-order valence-electron chi connectivity index (χ2n) is 9.90. The van der Waals surface area contributed by atoms with Crippen LogP contribution >= 0.6 is 11.6 Å². The van der Waals surface area contributed by atoms with Gasteiger partial charge in [-0.15, -0.1) is 0 Å². The predicted octanol–water partition coefficient (Wildman–Crippen LogP) is 5.11. The Morgan fingerprint density at radius 1 is 1.11 bits per heavy atom. The maximum atomic E-state index is 13.8. The molecule has 0 saturated carbocycles. The van der Waals surface area contributed by atoms with Crippen molar-refractivity contribution in [2.24, 2.45) is 0 Å². The number of hydrogen-bond donors (Lipinski definition) is 1. The first-order chi connectivity index (χ1) is 17.2. The number of ketones is 1. The number of hydrogen-bond acceptors (Lipinski definition) is 4. The summed E-state index contributed by atoms with van der Waals surface area (Å²) in [5.74, 6) is 0.771. The Morgan fingerprint density at radius 2 is 1.92 bits per heavy atom. The number of aromatic hydroxyl groups is 1. The van der Waals surface area contributed by atoms with Gasteiger partial charge in [-0.1, -0.05) is 0 Å². The molecule has 0 fully saturated rings. The Kier molecular flexibility index (Phi) is 6.97. The number of anilines is 1. The third-order valence-corrected chi connectivity index (χ3v) is 9.54. The Balaban J connectivity index is 1.46. The van der Waals surface area contributed by atoms with Crippen LogP contribution in [-0.4, -0.2) is 69.3 Å². The maximum absolute atomic E-state index is 13.8. The van der Waals surface area contributed by atoms with Crippen LogP contribution in [0, 0.1) is 6.92 Å². The molecule has 1 aliphatic heterocycles. The number of halogens is 1. The molecule has 1 aliphatic rings. The van der Waals surface area contributed by atoms with Crippen molar-refractivity contribution >= 4 is 63.9 Å². The molecule has 2 heterocycles. The van der Waals surface area contributed by atoms with Gasteiger partial charge in [-0.3, -0.25) is 0 Å². The molecule has 1 N–H and O–H groups in total. The van der Waals surface area contributed by atoms with Crippen molar-refractivity contribution in [3.63, 3.8) is 0 Å². The second kappa shape index (κ2) is 10.0. The van der Waals surface area contributed by atoms with Gasteiger partial charge in [0.2, 0.25) is 0 Å². The number of carbonyl (C=O) groups is 2. The zero-order chi connectivity index (χ0) is 25.6. The average molecular weight is 568 g/mol. The molecular weight excluding hydrogens is 539 g/mol. The number of fused-ring (bicyclic) bond motifs is 4. The normalized spacial score (nSPS) is 15.2. The molecule has 7 heteroatoms. The van der Waals surface area contributed by atoms with E-state index in [0.29, 0.717) is 25.3 Å². The van der Waals surface area contributed by atoms with Gasteiger partial charge in [-0.25, -0.2) is 0 Å². The van der Waals surface area contributed by atoms with Gasteiger partial charge in [0.25, 0.3) is 0 Å². The van der Waals surface area contributed by atoms with Crippen molar-refractivity contribution < 1.29 is 14.7 Å². The number of alkyl halides is 1. The summed E-state index contributed by atoms with van der Waals surface area (Å²) in [6, 6.07) is 15.8. The Bertz CT molecular complexity index is 1490. The summed E-state index contributed by atoms with van der Waals surface area (Å²) < 4.78 is 1.93. The average Bonchev–Trinajstić information content (AvgIpc) is 3.43. The molecule has 0 bridgehead atoms. The van der Waals surface area contributed by atoms with Gasteiger partial charge in [0, 0.05) is 0 Å². The molecule has 1 atom stereocenters. The molecule has 0 radical (unpaired) electrons. The van der Waals surface area contributed by atoms with Crippen LogP contribution < -0.4 is 4.90 Å². The van der Waals surface area contributed by atoms with Gasteiger partial charge in [0.1, 0.15) is 0 Å². The van der Waals surface area contributed by atoms with Crippen molar-refractivity contribution in [1.82, 2.24) is 4.90 Å². The summed E-state index contributed by atoms with van der Waals surface area (Å²) in [5.41, 5.74) is 3.87. The summed E-state index contributed by atoms with van der Waals surface area (Å²) in [4.78, 5) is 29.9. The summed E-state index contributed by atoms with van der Waals surface area (Å²) in [7, 11) is 3.93.